The van der Waals surface area contributed by atoms with Crippen molar-refractivity contribution in [2.45, 2.75) is 52.5 Å². The molecule has 3 rings (SSSR count). The lowest BCUT2D eigenvalue weighted by atomic mass is 10.1. The molecule has 0 aliphatic rings. The van der Waals surface area contributed by atoms with Gasteiger partial charge in [-0.05, 0) is 45.0 Å². The third kappa shape index (κ3) is 7.52. The zero-order chi connectivity index (χ0) is 25.7. The molecule has 34 heavy (non-hydrogen) atoms. The lowest BCUT2D eigenvalue weighted by Crippen LogP contribution is -2.27. The van der Waals surface area contributed by atoms with Gasteiger partial charge >= 0.3 is 12.4 Å². The number of aromatic nitrogens is 5. The van der Waals surface area contributed by atoms with Crippen LogP contribution in [0.3, 0.4) is 0 Å². The van der Waals surface area contributed by atoms with Crippen LogP contribution in [0.25, 0.3) is 11.5 Å². The number of nitrogens with one attached hydrogen (secondary N) is 2. The predicted octanol–water partition coefficient (Wildman–Crippen LogP) is 6.84. The molecule has 3 heterocycles. The Hall–Kier alpha value is -3.51. The number of rotatable bonds is 4. The largest absolute Gasteiger partial charge is 0.433 e. The number of pyridine rings is 2. The third-order valence-corrected chi connectivity index (χ3v) is 3.70. The fourth-order valence-corrected chi connectivity index (χ4v) is 2.45. The first-order chi connectivity index (χ1) is 15.7. The first-order valence-corrected chi connectivity index (χ1v) is 10.1. The van der Waals surface area contributed by atoms with Crippen LogP contribution >= 0.6 is 0 Å². The van der Waals surface area contributed by atoms with Crippen molar-refractivity contribution in [3.05, 3.63) is 47.9 Å². The van der Waals surface area contributed by atoms with Crippen LogP contribution in [0.4, 0.5) is 43.9 Å². The second-order valence-corrected chi connectivity index (χ2v) is 7.64. The van der Waals surface area contributed by atoms with Gasteiger partial charge in [0, 0.05) is 20.3 Å². The number of anilines is 3. The molecular formula is C21H27F6N7. The molecule has 0 radical (unpaired) electrons. The Kier molecular flexibility index (Phi) is 8.01. The maximum absolute atomic E-state index is 13.0. The number of halogens is 6. The second-order valence-electron chi connectivity index (χ2n) is 7.64. The summed E-state index contributed by atoms with van der Waals surface area (Å²) in [4.78, 5) is 19.1. The van der Waals surface area contributed by atoms with Crippen LogP contribution in [0.2, 0.25) is 0 Å². The van der Waals surface area contributed by atoms with E-state index in [2.05, 4.69) is 35.6 Å². The van der Waals surface area contributed by atoms with Crippen molar-refractivity contribution < 1.29 is 29.2 Å². The van der Waals surface area contributed by atoms with E-state index < -0.39 is 29.3 Å². The molecule has 13 heteroatoms. The SMILES string of the molecule is CC.CC(C)(C)Nc1nc(Nc2ccnc(C(F)(F)F)c2)nc(-c2cccc(C(F)(F)F)n2)n1.[HH].[HH]. The summed E-state index contributed by atoms with van der Waals surface area (Å²) in [6.07, 6.45) is -8.39. The minimum absolute atomic E-state index is 0. The van der Waals surface area contributed by atoms with Gasteiger partial charge in [0.05, 0.1) is 0 Å². The molecule has 188 valence electrons. The van der Waals surface area contributed by atoms with Gasteiger partial charge in [0.15, 0.2) is 5.82 Å². The highest BCUT2D eigenvalue weighted by Gasteiger charge is 2.33. The number of alkyl halides is 6. The van der Waals surface area contributed by atoms with Gasteiger partial charge in [-0.3, -0.25) is 4.98 Å². The van der Waals surface area contributed by atoms with Gasteiger partial charge in [-0.2, -0.15) is 41.3 Å². The molecule has 0 saturated carbocycles. The lowest BCUT2D eigenvalue weighted by molar-refractivity contribution is -0.141. The molecule has 0 unspecified atom stereocenters. The van der Waals surface area contributed by atoms with E-state index in [4.69, 9.17) is 0 Å². The van der Waals surface area contributed by atoms with Gasteiger partial charge in [-0.15, -0.1) is 0 Å². The van der Waals surface area contributed by atoms with Crippen LogP contribution in [-0.2, 0) is 12.4 Å². The van der Waals surface area contributed by atoms with Crippen molar-refractivity contribution in [1.82, 2.24) is 24.9 Å². The molecule has 0 aromatic carbocycles. The van der Waals surface area contributed by atoms with Gasteiger partial charge in [-0.25, -0.2) is 4.98 Å². The highest BCUT2D eigenvalue weighted by molar-refractivity contribution is 5.59. The highest BCUT2D eigenvalue weighted by Crippen LogP contribution is 2.31. The molecule has 0 aliphatic carbocycles. The van der Waals surface area contributed by atoms with Crippen LogP contribution in [0.1, 0.15) is 48.9 Å². The second kappa shape index (κ2) is 10.2. The van der Waals surface area contributed by atoms with Crippen LogP contribution in [0, 0.1) is 0 Å². The fourth-order valence-electron chi connectivity index (χ4n) is 2.45. The van der Waals surface area contributed by atoms with E-state index in [0.717, 1.165) is 24.4 Å². The summed E-state index contributed by atoms with van der Waals surface area (Å²) in [5.74, 6) is -0.403. The molecule has 3 aromatic heterocycles. The maximum atomic E-state index is 13.0. The van der Waals surface area contributed by atoms with E-state index in [1.54, 1.807) is 20.8 Å². The van der Waals surface area contributed by atoms with E-state index in [1.165, 1.54) is 12.1 Å². The van der Waals surface area contributed by atoms with E-state index in [9.17, 15) is 26.3 Å². The molecule has 0 atom stereocenters. The van der Waals surface area contributed by atoms with Gasteiger partial charge in [0.2, 0.25) is 11.9 Å². The summed E-state index contributed by atoms with van der Waals surface area (Å²) in [7, 11) is 0. The monoisotopic (exact) mass is 491 g/mol. The summed E-state index contributed by atoms with van der Waals surface area (Å²) in [5.41, 5.74) is -3.02. The van der Waals surface area contributed by atoms with Crippen LogP contribution in [-0.4, -0.2) is 30.5 Å². The standard InChI is InChI=1S/C19H17F6N7.C2H6.2H2/c1-17(2,3)32-16-30-14(11-5-4-6-12(28-11)18(20,21)22)29-15(31-16)27-10-7-8-26-13(9-10)19(23,24)25;1-2;;/h4-9H,1-3H3,(H2,26,27,29,30,31,32);1-2H3;2*1H. The summed E-state index contributed by atoms with van der Waals surface area (Å²) < 4.78 is 77.9. The summed E-state index contributed by atoms with van der Waals surface area (Å²) in [5, 5.41) is 5.56. The Labute approximate surface area is 195 Å². The van der Waals surface area contributed by atoms with E-state index in [0.29, 0.717) is 0 Å². The fraction of sp³-hybridized carbons (Fsp3) is 0.381. The lowest BCUT2D eigenvalue weighted by Gasteiger charge is -2.21. The minimum Gasteiger partial charge on any atom is -0.349 e. The minimum atomic E-state index is -4.68. The van der Waals surface area contributed by atoms with E-state index in [1.807, 2.05) is 13.8 Å². The molecular weight excluding hydrogens is 464 g/mol. The zero-order valence-electron chi connectivity index (χ0n) is 19.0. The topological polar surface area (TPSA) is 88.5 Å². The van der Waals surface area contributed by atoms with Crippen molar-refractivity contribution in [3.8, 4) is 11.5 Å². The van der Waals surface area contributed by atoms with Crippen LogP contribution in [0.5, 0.6) is 0 Å². The van der Waals surface area contributed by atoms with Crippen molar-refractivity contribution >= 4 is 17.6 Å². The summed E-state index contributed by atoms with van der Waals surface area (Å²) in [6.45, 7) is 9.39. The number of hydrogen-bond donors (Lipinski definition) is 2. The molecule has 0 bridgehead atoms. The molecule has 0 amide bonds. The molecule has 2 N–H and O–H groups in total. The quantitative estimate of drug-likeness (QED) is 0.386. The molecule has 0 fully saturated rings. The Morgan fingerprint density at radius 1 is 0.765 bits per heavy atom. The van der Waals surface area contributed by atoms with Crippen molar-refractivity contribution in [3.63, 3.8) is 0 Å². The number of hydrogen-bond acceptors (Lipinski definition) is 7. The Morgan fingerprint density at radius 3 is 1.97 bits per heavy atom. The van der Waals surface area contributed by atoms with Gasteiger partial charge in [0.25, 0.3) is 0 Å². The normalized spacial score (nSPS) is 12.0. The Balaban J connectivity index is 0.00000299. The van der Waals surface area contributed by atoms with Crippen LogP contribution < -0.4 is 10.6 Å². The smallest absolute Gasteiger partial charge is 0.349 e. The Bertz CT molecular complexity index is 1120. The average Bonchev–Trinajstić information content (AvgIpc) is 2.73. The van der Waals surface area contributed by atoms with Gasteiger partial charge in [0.1, 0.15) is 17.1 Å². The summed E-state index contributed by atoms with van der Waals surface area (Å²) >= 11 is 0. The van der Waals surface area contributed by atoms with Gasteiger partial charge < -0.3 is 10.6 Å². The first kappa shape index (κ1) is 26.7. The average molecular weight is 491 g/mol. The Morgan fingerprint density at radius 2 is 1.38 bits per heavy atom. The third-order valence-electron chi connectivity index (χ3n) is 3.70. The van der Waals surface area contributed by atoms with Crippen LogP contribution in [0.15, 0.2) is 36.5 Å². The molecule has 0 saturated heterocycles. The van der Waals surface area contributed by atoms with Crippen molar-refractivity contribution in [2.75, 3.05) is 10.6 Å². The van der Waals surface area contributed by atoms with Crippen molar-refractivity contribution in [2.24, 2.45) is 0 Å². The predicted molar refractivity (Wildman–Crippen MR) is 120 cm³/mol. The number of nitrogens with zero attached hydrogens (tertiary/aromatic N) is 5. The maximum Gasteiger partial charge on any atom is 0.433 e. The molecule has 7 nitrogen and oxygen atoms in total. The zero-order valence-corrected chi connectivity index (χ0v) is 19.0. The van der Waals surface area contributed by atoms with E-state index in [-0.39, 0.29) is 32.0 Å². The van der Waals surface area contributed by atoms with E-state index >= 15 is 0 Å². The molecule has 3 aromatic rings. The summed E-state index contributed by atoms with van der Waals surface area (Å²) in [6, 6.07) is 5.25. The van der Waals surface area contributed by atoms with Crippen molar-refractivity contribution in [1.29, 1.82) is 0 Å². The molecule has 0 aliphatic heterocycles. The van der Waals surface area contributed by atoms with Gasteiger partial charge in [-0.1, -0.05) is 19.9 Å². The first-order valence-electron chi connectivity index (χ1n) is 10.1. The molecule has 0 spiro atoms. The highest BCUT2D eigenvalue weighted by atomic mass is 19.4.